The van der Waals surface area contributed by atoms with Gasteiger partial charge in [-0.2, -0.15) is 0 Å². The predicted molar refractivity (Wildman–Crippen MR) is 138 cm³/mol. The molecule has 1 aliphatic carbocycles. The van der Waals surface area contributed by atoms with Crippen molar-refractivity contribution in [1.82, 2.24) is 14.9 Å². The molecule has 0 unspecified atom stereocenters. The highest BCUT2D eigenvalue weighted by Crippen LogP contribution is 2.39. The lowest BCUT2D eigenvalue weighted by molar-refractivity contribution is 0.0776. The molecule has 2 N–H and O–H groups in total. The van der Waals surface area contributed by atoms with Crippen molar-refractivity contribution in [2.45, 2.75) is 51.1 Å². The summed E-state index contributed by atoms with van der Waals surface area (Å²) in [5, 5.41) is 0.135. The molecule has 10 heteroatoms. The minimum absolute atomic E-state index is 0.0541. The number of halogens is 2. The fourth-order valence-electron chi connectivity index (χ4n) is 5.47. The zero-order valence-electron chi connectivity index (χ0n) is 21.2. The first-order chi connectivity index (χ1) is 17.6. The van der Waals surface area contributed by atoms with Crippen LogP contribution < -0.4 is 5.73 Å². The molecule has 0 bridgehead atoms. The van der Waals surface area contributed by atoms with E-state index in [9.17, 15) is 18.4 Å². The molecule has 37 heavy (non-hydrogen) atoms. The Morgan fingerprint density at radius 1 is 1.22 bits per heavy atom. The first-order valence-electron chi connectivity index (χ1n) is 12.1. The van der Waals surface area contributed by atoms with Crippen LogP contribution in [0, 0.1) is 24.5 Å². The number of carbonyl (C=O) groups is 2. The number of hydrogen-bond acceptors (Lipinski definition) is 7. The Morgan fingerprint density at radius 2 is 1.92 bits per heavy atom. The van der Waals surface area contributed by atoms with Crippen molar-refractivity contribution in [1.29, 1.82) is 0 Å². The summed E-state index contributed by atoms with van der Waals surface area (Å²) in [6.45, 7) is 3.78. The van der Waals surface area contributed by atoms with Gasteiger partial charge in [-0.15, -0.1) is 11.3 Å². The van der Waals surface area contributed by atoms with E-state index < -0.39 is 17.7 Å². The number of rotatable bonds is 6. The Morgan fingerprint density at radius 3 is 2.57 bits per heavy atom. The average molecular weight is 529 g/mol. The lowest BCUT2D eigenvalue weighted by Crippen LogP contribution is -2.55. The number of thiazole rings is 1. The highest BCUT2D eigenvalue weighted by Gasteiger charge is 2.39. The first-order valence-corrected chi connectivity index (χ1v) is 12.9. The van der Waals surface area contributed by atoms with Gasteiger partial charge in [0.2, 0.25) is 0 Å². The van der Waals surface area contributed by atoms with E-state index in [2.05, 4.69) is 16.9 Å². The monoisotopic (exact) mass is 528 g/mol. The van der Waals surface area contributed by atoms with Crippen molar-refractivity contribution in [3.8, 4) is 10.6 Å². The SMILES string of the molecule is COC(=O)N(C)[C@@H]1[C@H](C)C[C@H](c2ccncc2CC(=O)c2nc(-c3c(F)cccc3F)sc2C)C[C@@H]1N. The van der Waals surface area contributed by atoms with Gasteiger partial charge in [-0.1, -0.05) is 13.0 Å². The minimum atomic E-state index is -0.721. The number of aryl methyl sites for hydroxylation is 1. The van der Waals surface area contributed by atoms with Gasteiger partial charge in [-0.25, -0.2) is 18.6 Å². The van der Waals surface area contributed by atoms with Gasteiger partial charge in [0.1, 0.15) is 22.3 Å². The molecule has 1 fully saturated rings. The summed E-state index contributed by atoms with van der Waals surface area (Å²) in [7, 11) is 3.04. The van der Waals surface area contributed by atoms with Crippen LogP contribution in [0.3, 0.4) is 0 Å². The number of methoxy groups -OCH3 is 1. The van der Waals surface area contributed by atoms with E-state index in [1.807, 2.05) is 6.07 Å². The number of likely N-dealkylation sites (N-methyl/N-ethyl adjacent to an activating group) is 1. The Balaban J connectivity index is 1.56. The van der Waals surface area contributed by atoms with Crippen molar-refractivity contribution in [3.63, 3.8) is 0 Å². The molecular weight excluding hydrogens is 498 g/mol. The number of benzene rings is 1. The summed E-state index contributed by atoms with van der Waals surface area (Å²) in [5.41, 5.74) is 8.26. The number of carbonyl (C=O) groups excluding carboxylic acids is 2. The molecule has 2 heterocycles. The third kappa shape index (κ3) is 5.40. The van der Waals surface area contributed by atoms with Crippen LogP contribution in [0.2, 0.25) is 0 Å². The number of hydrogen-bond donors (Lipinski definition) is 1. The Hall–Kier alpha value is -3.24. The maximum Gasteiger partial charge on any atom is 0.409 e. The number of pyridine rings is 1. The van der Waals surface area contributed by atoms with Crippen molar-refractivity contribution in [3.05, 3.63) is 70.0 Å². The second-order valence-corrected chi connectivity index (χ2v) is 10.8. The van der Waals surface area contributed by atoms with Crippen LogP contribution in [-0.2, 0) is 11.2 Å². The number of nitrogens with two attached hydrogens (primary N) is 1. The summed E-state index contributed by atoms with van der Waals surface area (Å²) in [6, 6.07) is 5.10. The van der Waals surface area contributed by atoms with Gasteiger partial charge in [0.05, 0.1) is 18.7 Å². The molecule has 196 valence electrons. The molecule has 3 aromatic rings. The van der Waals surface area contributed by atoms with Gasteiger partial charge >= 0.3 is 6.09 Å². The van der Waals surface area contributed by atoms with Gasteiger partial charge in [0.25, 0.3) is 0 Å². The molecule has 4 atom stereocenters. The molecule has 1 saturated carbocycles. The summed E-state index contributed by atoms with van der Waals surface area (Å²) in [5.74, 6) is -1.50. The first kappa shape index (κ1) is 26.8. The number of ether oxygens (including phenoxy) is 1. The number of aromatic nitrogens is 2. The van der Waals surface area contributed by atoms with Gasteiger partial charge in [-0.3, -0.25) is 9.78 Å². The third-order valence-corrected chi connectivity index (χ3v) is 8.10. The Kier molecular flexibility index (Phi) is 7.99. The maximum atomic E-state index is 14.3. The molecule has 2 aromatic heterocycles. The quantitative estimate of drug-likeness (QED) is 0.446. The molecule has 4 rings (SSSR count). The van der Waals surface area contributed by atoms with E-state index in [4.69, 9.17) is 10.5 Å². The van der Waals surface area contributed by atoms with Crippen molar-refractivity contribution < 1.29 is 23.1 Å². The average Bonchev–Trinajstić information content (AvgIpc) is 3.24. The smallest absolute Gasteiger partial charge is 0.409 e. The summed E-state index contributed by atoms with van der Waals surface area (Å²) < 4.78 is 33.4. The summed E-state index contributed by atoms with van der Waals surface area (Å²) in [6.07, 6.45) is 4.41. The maximum absolute atomic E-state index is 14.3. The largest absolute Gasteiger partial charge is 0.453 e. The third-order valence-electron chi connectivity index (χ3n) is 7.11. The lowest BCUT2D eigenvalue weighted by Gasteiger charge is -2.43. The Bertz CT molecular complexity index is 1280. The van der Waals surface area contributed by atoms with Crippen LogP contribution >= 0.6 is 11.3 Å². The fraction of sp³-hybridized carbons (Fsp3) is 0.407. The van der Waals surface area contributed by atoms with Crippen LogP contribution in [0.5, 0.6) is 0 Å². The van der Waals surface area contributed by atoms with E-state index in [0.29, 0.717) is 11.3 Å². The van der Waals surface area contributed by atoms with Crippen LogP contribution in [0.25, 0.3) is 10.6 Å². The van der Waals surface area contributed by atoms with Crippen molar-refractivity contribution in [2.24, 2.45) is 11.7 Å². The van der Waals surface area contributed by atoms with E-state index in [-0.39, 0.29) is 52.4 Å². The Labute approximate surface area is 218 Å². The van der Waals surface area contributed by atoms with Gasteiger partial charge in [-0.05, 0) is 60.9 Å². The van der Waals surface area contributed by atoms with E-state index in [1.165, 1.54) is 25.3 Å². The second kappa shape index (κ2) is 11.0. The molecule has 0 saturated heterocycles. The van der Waals surface area contributed by atoms with Crippen LogP contribution in [-0.4, -0.2) is 53.0 Å². The van der Waals surface area contributed by atoms with Crippen molar-refractivity contribution >= 4 is 23.2 Å². The topological polar surface area (TPSA) is 98.4 Å². The molecule has 0 radical (unpaired) electrons. The molecule has 7 nitrogen and oxygen atoms in total. The highest BCUT2D eigenvalue weighted by molar-refractivity contribution is 7.15. The number of Topliss-reactive ketones (excluding diaryl/α,β-unsaturated/α-hetero) is 1. The highest BCUT2D eigenvalue weighted by atomic mass is 32.1. The normalized spacial score (nSPS) is 21.5. The van der Waals surface area contributed by atoms with Crippen LogP contribution in [0.4, 0.5) is 13.6 Å². The number of amides is 1. The van der Waals surface area contributed by atoms with E-state index in [1.54, 1.807) is 31.3 Å². The molecule has 1 amide bonds. The van der Waals surface area contributed by atoms with Crippen LogP contribution in [0.15, 0.2) is 36.7 Å². The predicted octanol–water partition coefficient (Wildman–Crippen LogP) is 5.12. The number of nitrogens with zero attached hydrogens (tertiary/aromatic N) is 3. The minimum Gasteiger partial charge on any atom is -0.453 e. The fourth-order valence-corrected chi connectivity index (χ4v) is 6.45. The standard InChI is InChI=1S/C27H30F2N4O3S/c1-14-10-16(11-21(30)25(14)33(3)27(35)36-4)18-8-9-31-13-17(18)12-22(34)24-15(2)37-26(32-24)23-19(28)6-5-7-20(23)29/h5-9,13-14,16,21,25H,10-12,30H2,1-4H3/t14-,16+,21+,25-/m1/s1. The van der Waals surface area contributed by atoms with E-state index in [0.717, 1.165) is 28.9 Å². The van der Waals surface area contributed by atoms with Gasteiger partial charge in [0.15, 0.2) is 5.78 Å². The molecule has 0 aliphatic heterocycles. The molecule has 1 aliphatic rings. The van der Waals surface area contributed by atoms with Gasteiger partial charge < -0.3 is 15.4 Å². The van der Waals surface area contributed by atoms with E-state index >= 15 is 0 Å². The number of ketones is 1. The van der Waals surface area contributed by atoms with Gasteiger partial charge in [0, 0.05) is 36.8 Å². The molecular formula is C27H30F2N4O3S. The molecule has 0 spiro atoms. The molecule has 1 aromatic carbocycles. The van der Waals surface area contributed by atoms with Crippen molar-refractivity contribution in [2.75, 3.05) is 14.2 Å². The second-order valence-electron chi connectivity index (χ2n) is 9.58. The lowest BCUT2D eigenvalue weighted by atomic mass is 9.72. The summed E-state index contributed by atoms with van der Waals surface area (Å²) in [4.78, 5) is 36.1. The zero-order valence-corrected chi connectivity index (χ0v) is 22.0. The zero-order chi connectivity index (χ0) is 26.9. The van der Waals surface area contributed by atoms with Crippen LogP contribution in [0.1, 0.15) is 52.2 Å². The summed E-state index contributed by atoms with van der Waals surface area (Å²) >= 11 is 1.09.